The van der Waals surface area contributed by atoms with Crippen LogP contribution in [0.15, 0.2) is 40.4 Å². The molecule has 0 aliphatic rings. The fraction of sp³-hybridized carbons (Fsp3) is 0.333. The van der Waals surface area contributed by atoms with Gasteiger partial charge in [0.25, 0.3) is 5.56 Å². The summed E-state index contributed by atoms with van der Waals surface area (Å²) in [7, 11) is 0. The molecule has 32 heavy (non-hydrogen) atoms. The Bertz CT molecular complexity index is 1370. The molecule has 1 aromatic carbocycles. The van der Waals surface area contributed by atoms with Crippen LogP contribution in [0.1, 0.15) is 30.5 Å². The lowest BCUT2D eigenvalue weighted by molar-refractivity contribution is -0.113. The number of anilines is 1. The number of amides is 1. The molecule has 3 heterocycles. The highest BCUT2D eigenvalue weighted by molar-refractivity contribution is 7.99. The Morgan fingerprint density at radius 2 is 1.94 bits per heavy atom. The lowest BCUT2D eigenvalue weighted by Crippen LogP contribution is -2.25. The second kappa shape index (κ2) is 9.03. The number of benzene rings is 1. The summed E-state index contributed by atoms with van der Waals surface area (Å²) in [4.78, 5) is 36.1. The molecule has 8 heteroatoms. The molecule has 0 aliphatic heterocycles. The fourth-order valence-corrected chi connectivity index (χ4v) is 5.69. The number of nitrogens with one attached hydrogen (secondary N) is 1. The Morgan fingerprint density at radius 1 is 1.22 bits per heavy atom. The smallest absolute Gasteiger partial charge is 0.272 e. The van der Waals surface area contributed by atoms with Gasteiger partial charge in [-0.2, -0.15) is 0 Å². The van der Waals surface area contributed by atoms with Crippen molar-refractivity contribution in [1.29, 1.82) is 0 Å². The van der Waals surface area contributed by atoms with Crippen LogP contribution in [0.4, 0.5) is 5.69 Å². The van der Waals surface area contributed by atoms with Crippen molar-refractivity contribution in [2.24, 2.45) is 5.92 Å². The van der Waals surface area contributed by atoms with Crippen molar-refractivity contribution in [3.05, 3.63) is 57.5 Å². The molecule has 1 N–H and O–H groups in total. The Hall–Kier alpha value is -2.71. The Morgan fingerprint density at radius 3 is 2.62 bits per heavy atom. The fourth-order valence-electron chi connectivity index (χ4n) is 3.86. The highest BCUT2D eigenvalue weighted by Crippen LogP contribution is 2.31. The van der Waals surface area contributed by atoms with Crippen molar-refractivity contribution in [3.8, 4) is 0 Å². The van der Waals surface area contributed by atoms with Crippen LogP contribution in [0, 0.1) is 26.7 Å². The number of pyridine rings is 1. The Kier molecular flexibility index (Phi) is 6.35. The lowest BCUT2D eigenvalue weighted by Gasteiger charge is -2.15. The molecule has 166 valence electrons. The number of aromatic nitrogens is 3. The van der Waals surface area contributed by atoms with Gasteiger partial charge in [0, 0.05) is 23.8 Å². The zero-order chi connectivity index (χ0) is 23.0. The minimum atomic E-state index is -0.118. The molecule has 0 bridgehead atoms. The first-order valence-electron chi connectivity index (χ1n) is 10.5. The Labute approximate surface area is 195 Å². The molecule has 4 rings (SSSR count). The van der Waals surface area contributed by atoms with E-state index in [1.54, 1.807) is 10.8 Å². The number of hydrogen-bond acceptors (Lipinski definition) is 6. The molecular formula is C24H26N4O2S2. The van der Waals surface area contributed by atoms with E-state index in [-0.39, 0.29) is 23.1 Å². The third-order valence-electron chi connectivity index (χ3n) is 5.14. The average Bonchev–Trinajstić information content (AvgIpc) is 3.10. The molecule has 4 aromatic rings. The number of thioether (sulfide) groups is 1. The zero-order valence-corrected chi connectivity index (χ0v) is 20.5. The number of carbonyl (C=O) groups excluding carboxylic acids is 1. The van der Waals surface area contributed by atoms with Gasteiger partial charge in [0.15, 0.2) is 5.16 Å². The summed E-state index contributed by atoms with van der Waals surface area (Å²) in [5, 5.41) is 4.47. The minimum Gasteiger partial charge on any atom is -0.325 e. The van der Waals surface area contributed by atoms with Crippen LogP contribution in [0.3, 0.4) is 0 Å². The van der Waals surface area contributed by atoms with E-state index in [1.807, 2.05) is 32.9 Å². The van der Waals surface area contributed by atoms with Crippen LogP contribution < -0.4 is 10.9 Å². The third kappa shape index (κ3) is 4.42. The maximum Gasteiger partial charge on any atom is 0.272 e. The van der Waals surface area contributed by atoms with Crippen molar-refractivity contribution in [2.45, 2.75) is 46.3 Å². The molecule has 0 spiro atoms. The standard InChI is InChI=1S/C24H26N4O2S2/c1-13(2)11-28-23(30)21-20(17-7-6-8-25-22(17)32-21)27-24(28)31-12-18(29)26-19-15(4)9-14(3)10-16(19)5/h6-10,13H,11-12H2,1-5H3,(H,26,29). The summed E-state index contributed by atoms with van der Waals surface area (Å²) < 4.78 is 2.31. The topological polar surface area (TPSA) is 76.9 Å². The number of aryl methyl sites for hydroxylation is 3. The van der Waals surface area contributed by atoms with Gasteiger partial charge in [-0.3, -0.25) is 14.2 Å². The number of nitrogens with zero attached hydrogens (tertiary/aromatic N) is 3. The van der Waals surface area contributed by atoms with E-state index in [4.69, 9.17) is 4.98 Å². The summed E-state index contributed by atoms with van der Waals surface area (Å²) in [6.45, 7) is 10.7. The SMILES string of the molecule is Cc1cc(C)c(NC(=O)CSc2nc3c(sc4ncccc43)c(=O)n2CC(C)C)c(C)c1. The van der Waals surface area contributed by atoms with Gasteiger partial charge in [-0.15, -0.1) is 11.3 Å². The van der Waals surface area contributed by atoms with Gasteiger partial charge in [-0.05, 0) is 49.9 Å². The molecule has 1 amide bonds. The van der Waals surface area contributed by atoms with Crippen LogP contribution in [-0.4, -0.2) is 26.2 Å². The molecular weight excluding hydrogens is 440 g/mol. The predicted molar refractivity (Wildman–Crippen MR) is 134 cm³/mol. The van der Waals surface area contributed by atoms with Gasteiger partial charge < -0.3 is 5.32 Å². The number of hydrogen-bond donors (Lipinski definition) is 1. The minimum absolute atomic E-state index is 0.0696. The van der Waals surface area contributed by atoms with Crippen molar-refractivity contribution < 1.29 is 4.79 Å². The first-order chi connectivity index (χ1) is 15.2. The van der Waals surface area contributed by atoms with Gasteiger partial charge in [0.2, 0.25) is 5.91 Å². The Balaban J connectivity index is 1.66. The summed E-state index contributed by atoms with van der Waals surface area (Å²) in [6, 6.07) is 7.90. The maximum atomic E-state index is 13.3. The summed E-state index contributed by atoms with van der Waals surface area (Å²) in [6.07, 6.45) is 1.72. The van der Waals surface area contributed by atoms with E-state index in [0.29, 0.717) is 21.9 Å². The van der Waals surface area contributed by atoms with Crippen molar-refractivity contribution >= 4 is 55.1 Å². The van der Waals surface area contributed by atoms with Crippen LogP contribution in [0.25, 0.3) is 20.4 Å². The van der Waals surface area contributed by atoms with Crippen LogP contribution in [0.5, 0.6) is 0 Å². The van der Waals surface area contributed by atoms with Gasteiger partial charge in [0.1, 0.15) is 9.53 Å². The highest BCUT2D eigenvalue weighted by Gasteiger charge is 2.18. The van der Waals surface area contributed by atoms with E-state index in [2.05, 4.69) is 36.3 Å². The van der Waals surface area contributed by atoms with E-state index in [0.717, 1.165) is 27.0 Å². The van der Waals surface area contributed by atoms with Crippen molar-refractivity contribution in [2.75, 3.05) is 11.1 Å². The predicted octanol–water partition coefficient (Wildman–Crippen LogP) is 5.32. The second-order valence-electron chi connectivity index (χ2n) is 8.45. The summed E-state index contributed by atoms with van der Waals surface area (Å²) >= 11 is 2.67. The summed E-state index contributed by atoms with van der Waals surface area (Å²) in [5.41, 5.74) is 4.68. The molecule has 6 nitrogen and oxygen atoms in total. The highest BCUT2D eigenvalue weighted by atomic mass is 32.2. The normalized spacial score (nSPS) is 11.6. The maximum absolute atomic E-state index is 13.3. The molecule has 0 saturated heterocycles. The number of carbonyl (C=O) groups is 1. The average molecular weight is 467 g/mol. The quantitative estimate of drug-likeness (QED) is 0.307. The van der Waals surface area contributed by atoms with Crippen LogP contribution >= 0.6 is 23.1 Å². The van der Waals surface area contributed by atoms with Gasteiger partial charge in [0.05, 0.1) is 11.3 Å². The zero-order valence-electron chi connectivity index (χ0n) is 18.9. The molecule has 0 saturated carbocycles. The van der Waals surface area contributed by atoms with Crippen LogP contribution in [0.2, 0.25) is 0 Å². The van der Waals surface area contributed by atoms with Crippen molar-refractivity contribution in [3.63, 3.8) is 0 Å². The molecule has 0 unspecified atom stereocenters. The molecule has 0 atom stereocenters. The van der Waals surface area contributed by atoms with E-state index >= 15 is 0 Å². The number of rotatable bonds is 6. The van der Waals surface area contributed by atoms with Gasteiger partial charge >= 0.3 is 0 Å². The lowest BCUT2D eigenvalue weighted by atomic mass is 10.1. The van der Waals surface area contributed by atoms with E-state index in [9.17, 15) is 9.59 Å². The van der Waals surface area contributed by atoms with E-state index < -0.39 is 0 Å². The summed E-state index contributed by atoms with van der Waals surface area (Å²) in [5.74, 6) is 0.321. The van der Waals surface area contributed by atoms with Gasteiger partial charge in [-0.25, -0.2) is 9.97 Å². The monoisotopic (exact) mass is 466 g/mol. The molecule has 0 radical (unpaired) electrons. The third-order valence-corrected chi connectivity index (χ3v) is 7.21. The largest absolute Gasteiger partial charge is 0.325 e. The van der Waals surface area contributed by atoms with E-state index in [1.165, 1.54) is 28.7 Å². The molecule has 0 fully saturated rings. The molecule has 3 aromatic heterocycles. The van der Waals surface area contributed by atoms with Gasteiger partial charge in [-0.1, -0.05) is 43.3 Å². The first-order valence-corrected chi connectivity index (χ1v) is 12.3. The molecule has 0 aliphatic carbocycles. The van der Waals surface area contributed by atoms with Crippen LogP contribution in [-0.2, 0) is 11.3 Å². The number of fused-ring (bicyclic) bond motifs is 3. The second-order valence-corrected chi connectivity index (χ2v) is 10.4. The number of thiophene rings is 1. The van der Waals surface area contributed by atoms with Crippen molar-refractivity contribution in [1.82, 2.24) is 14.5 Å². The first kappa shape index (κ1) is 22.5.